The lowest BCUT2D eigenvalue weighted by atomic mass is 9.92. The number of nitrogens with zero attached hydrogens (tertiary/aromatic N) is 6. The first kappa shape index (κ1) is 20.4. The second-order valence-electron chi connectivity index (χ2n) is 7.07. The molecule has 2 atom stereocenters. The minimum absolute atomic E-state index is 0.0757. The van der Waals surface area contributed by atoms with E-state index in [4.69, 9.17) is 21.6 Å². The zero-order chi connectivity index (χ0) is 20.1. The Hall–Kier alpha value is -2.37. The molecule has 0 saturated carbocycles. The highest BCUT2D eigenvalue weighted by atomic mass is 35.5. The minimum Gasteiger partial charge on any atom is -0.359 e. The van der Waals surface area contributed by atoms with E-state index in [0.29, 0.717) is 38.2 Å². The van der Waals surface area contributed by atoms with Crippen LogP contribution in [0.4, 0.5) is 5.82 Å². The molecule has 8 nitrogen and oxygen atoms in total. The van der Waals surface area contributed by atoms with E-state index < -0.39 is 0 Å². The molecule has 9 heteroatoms. The predicted octanol–water partition coefficient (Wildman–Crippen LogP) is 2.23. The molecule has 28 heavy (non-hydrogen) atoms. The molecule has 2 aromatic rings. The third kappa shape index (κ3) is 4.21. The Morgan fingerprint density at radius 1 is 1.50 bits per heavy atom. The van der Waals surface area contributed by atoms with Crippen LogP contribution >= 0.6 is 11.6 Å². The van der Waals surface area contributed by atoms with Crippen molar-refractivity contribution in [1.29, 1.82) is 5.26 Å². The van der Waals surface area contributed by atoms with Crippen molar-refractivity contribution >= 4 is 34.4 Å². The van der Waals surface area contributed by atoms with Gasteiger partial charge in [-0.3, -0.25) is 4.79 Å². The third-order valence-corrected chi connectivity index (χ3v) is 5.47. The van der Waals surface area contributed by atoms with Crippen LogP contribution in [0.25, 0.3) is 11.0 Å². The van der Waals surface area contributed by atoms with E-state index in [1.165, 1.54) is 0 Å². The summed E-state index contributed by atoms with van der Waals surface area (Å²) in [5, 5.41) is 9.76. The van der Waals surface area contributed by atoms with Gasteiger partial charge >= 0.3 is 0 Å². The quantitative estimate of drug-likeness (QED) is 0.519. The van der Waals surface area contributed by atoms with Crippen LogP contribution in [0, 0.1) is 17.2 Å². The summed E-state index contributed by atoms with van der Waals surface area (Å²) in [5.74, 6) is 1.56. The number of ether oxygens (including phenoxy) is 1. The minimum atomic E-state index is -0.108. The van der Waals surface area contributed by atoms with Crippen molar-refractivity contribution in [3.8, 4) is 6.07 Å². The lowest BCUT2D eigenvalue weighted by molar-refractivity contribution is -0.131. The molecule has 1 amide bonds. The number of aromatic nitrogens is 3. The normalized spacial score (nSPS) is 19.6. The van der Waals surface area contributed by atoms with Crippen molar-refractivity contribution in [3.63, 3.8) is 0 Å². The number of fused-ring (bicyclic) bond motifs is 1. The van der Waals surface area contributed by atoms with Gasteiger partial charge in [-0.15, -0.1) is 11.6 Å². The Bertz CT molecular complexity index is 864. The van der Waals surface area contributed by atoms with Gasteiger partial charge in [0.15, 0.2) is 0 Å². The maximum atomic E-state index is 12.2. The number of carbonyl (C=O) groups is 1. The van der Waals surface area contributed by atoms with Gasteiger partial charge in [0.1, 0.15) is 30.9 Å². The largest absolute Gasteiger partial charge is 0.359 e. The number of rotatable bonds is 7. The molecule has 0 bridgehead atoms. The molecule has 2 aromatic heterocycles. The molecule has 1 aliphatic rings. The molecule has 0 radical (unpaired) electrons. The highest BCUT2D eigenvalue weighted by molar-refractivity contribution is 6.17. The lowest BCUT2D eigenvalue weighted by Gasteiger charge is -2.42. The fourth-order valence-electron chi connectivity index (χ4n) is 3.71. The van der Waals surface area contributed by atoms with Crippen LogP contribution in [-0.2, 0) is 16.3 Å². The first-order chi connectivity index (χ1) is 13.6. The van der Waals surface area contributed by atoms with Gasteiger partial charge in [0.25, 0.3) is 0 Å². The van der Waals surface area contributed by atoms with Gasteiger partial charge < -0.3 is 19.1 Å². The highest BCUT2D eigenvalue weighted by Gasteiger charge is 2.32. The Balaban J connectivity index is 1.83. The van der Waals surface area contributed by atoms with Gasteiger partial charge in [-0.05, 0) is 18.4 Å². The van der Waals surface area contributed by atoms with E-state index in [0.717, 1.165) is 23.3 Å². The van der Waals surface area contributed by atoms with Crippen LogP contribution in [0.2, 0.25) is 0 Å². The molecule has 1 saturated heterocycles. The number of amides is 1. The van der Waals surface area contributed by atoms with Crippen molar-refractivity contribution < 1.29 is 9.53 Å². The molecule has 3 rings (SSSR count). The van der Waals surface area contributed by atoms with Crippen LogP contribution in [0.5, 0.6) is 0 Å². The van der Waals surface area contributed by atoms with Gasteiger partial charge in [-0.25, -0.2) is 9.97 Å². The number of alkyl halides is 1. The molecule has 0 aromatic carbocycles. The summed E-state index contributed by atoms with van der Waals surface area (Å²) in [6.07, 6.45) is 4.30. The van der Waals surface area contributed by atoms with Gasteiger partial charge in [-0.2, -0.15) is 5.26 Å². The fourth-order valence-corrected chi connectivity index (χ4v) is 3.82. The van der Waals surface area contributed by atoms with Crippen LogP contribution in [0.3, 0.4) is 0 Å². The second-order valence-corrected chi connectivity index (χ2v) is 7.44. The highest BCUT2D eigenvalue weighted by Crippen LogP contribution is 2.29. The summed E-state index contributed by atoms with van der Waals surface area (Å²) in [6.45, 7) is 4.33. The zero-order valence-corrected chi connectivity index (χ0v) is 17.0. The molecule has 0 N–H and O–H groups in total. The summed E-state index contributed by atoms with van der Waals surface area (Å²) in [7, 11) is 2.00. The first-order valence-corrected chi connectivity index (χ1v) is 9.91. The fraction of sp³-hybridized carbons (Fsp3) is 0.579. The Morgan fingerprint density at radius 2 is 2.32 bits per heavy atom. The van der Waals surface area contributed by atoms with E-state index in [-0.39, 0.29) is 18.4 Å². The van der Waals surface area contributed by atoms with Crippen LogP contribution < -0.4 is 4.90 Å². The number of hydrogen-bond donors (Lipinski definition) is 0. The van der Waals surface area contributed by atoms with Crippen LogP contribution in [-0.4, -0.2) is 64.0 Å². The molecular weight excluding hydrogens is 380 g/mol. The molecule has 1 aliphatic heterocycles. The van der Waals surface area contributed by atoms with Gasteiger partial charge in [0.05, 0.1) is 24.1 Å². The van der Waals surface area contributed by atoms with Gasteiger partial charge in [0.2, 0.25) is 5.91 Å². The number of nitriles is 1. The number of halogens is 1. The van der Waals surface area contributed by atoms with Crippen molar-refractivity contribution in [1.82, 2.24) is 19.4 Å². The Kier molecular flexibility index (Phi) is 6.70. The van der Waals surface area contributed by atoms with Crippen molar-refractivity contribution in [2.75, 3.05) is 37.5 Å². The smallest absolute Gasteiger partial charge is 0.236 e. The summed E-state index contributed by atoms with van der Waals surface area (Å²) < 4.78 is 7.44. The number of piperidine rings is 1. The van der Waals surface area contributed by atoms with Crippen LogP contribution in [0.1, 0.15) is 19.8 Å². The zero-order valence-electron chi connectivity index (χ0n) is 16.2. The predicted molar refractivity (Wildman–Crippen MR) is 107 cm³/mol. The van der Waals surface area contributed by atoms with E-state index >= 15 is 0 Å². The molecule has 0 spiro atoms. The Morgan fingerprint density at radius 3 is 3.07 bits per heavy atom. The summed E-state index contributed by atoms with van der Waals surface area (Å²) >= 11 is 5.67. The molecule has 0 unspecified atom stereocenters. The van der Waals surface area contributed by atoms with Gasteiger partial charge in [0, 0.05) is 32.2 Å². The average molecular weight is 405 g/mol. The molecule has 3 heterocycles. The topological polar surface area (TPSA) is 87.3 Å². The maximum Gasteiger partial charge on any atom is 0.236 e. The third-order valence-electron chi connectivity index (χ3n) is 5.32. The standard InChI is InChI=1S/C19H25ClN6O2/c1-14-4-8-25(17(27)3-7-21)11-16(14)24(2)18-15-5-9-26(13-28-10-6-20)19(15)23-12-22-18/h5,9,12,14,16H,3-4,6,8,10-11,13H2,1-2H3/t14-,16+/m1/s1. The van der Waals surface area contributed by atoms with Crippen molar-refractivity contribution in [2.45, 2.75) is 32.5 Å². The SMILES string of the molecule is C[C@@H]1CCN(C(=O)CC#N)C[C@@H]1N(C)c1ncnc2c1ccn2COCCCl. The first-order valence-electron chi connectivity index (χ1n) is 9.38. The number of carbonyl (C=O) groups excluding carboxylic acids is 1. The lowest BCUT2D eigenvalue weighted by Crippen LogP contribution is -2.52. The maximum absolute atomic E-state index is 12.2. The van der Waals surface area contributed by atoms with Crippen molar-refractivity contribution in [2.24, 2.45) is 5.92 Å². The van der Waals surface area contributed by atoms with E-state index in [9.17, 15) is 4.79 Å². The van der Waals surface area contributed by atoms with E-state index in [1.54, 1.807) is 11.2 Å². The van der Waals surface area contributed by atoms with E-state index in [2.05, 4.69) is 21.8 Å². The molecule has 150 valence electrons. The molecule has 1 fully saturated rings. The number of likely N-dealkylation sites (N-methyl/N-ethyl adjacent to an activating group) is 1. The Labute approximate surface area is 169 Å². The number of anilines is 1. The molecule has 0 aliphatic carbocycles. The molecular formula is C19H25ClN6O2. The van der Waals surface area contributed by atoms with Gasteiger partial charge in [-0.1, -0.05) is 6.92 Å². The monoisotopic (exact) mass is 404 g/mol. The average Bonchev–Trinajstić information content (AvgIpc) is 3.11. The second kappa shape index (κ2) is 9.22. The van der Waals surface area contributed by atoms with Crippen LogP contribution in [0.15, 0.2) is 18.6 Å². The number of hydrogen-bond acceptors (Lipinski definition) is 6. The summed E-state index contributed by atoms with van der Waals surface area (Å²) in [5.41, 5.74) is 0.798. The number of likely N-dealkylation sites (tertiary alicyclic amines) is 1. The van der Waals surface area contributed by atoms with E-state index in [1.807, 2.05) is 29.9 Å². The summed E-state index contributed by atoms with van der Waals surface area (Å²) in [6, 6.07) is 4.05. The summed E-state index contributed by atoms with van der Waals surface area (Å²) in [4.78, 5) is 25.0. The van der Waals surface area contributed by atoms with Crippen molar-refractivity contribution in [3.05, 3.63) is 18.6 Å².